The zero-order valence-corrected chi connectivity index (χ0v) is 18.3. The summed E-state index contributed by atoms with van der Waals surface area (Å²) in [6, 6.07) is 12.7. The molecule has 2 aromatic rings. The van der Waals surface area contributed by atoms with E-state index in [0.717, 1.165) is 36.8 Å². The second kappa shape index (κ2) is 9.10. The van der Waals surface area contributed by atoms with Crippen molar-refractivity contribution in [3.05, 3.63) is 64.2 Å². The normalized spacial score (nSPS) is 17.4. The molecule has 1 heterocycles. The predicted molar refractivity (Wildman–Crippen MR) is 120 cm³/mol. The quantitative estimate of drug-likeness (QED) is 0.715. The van der Waals surface area contributed by atoms with Crippen LogP contribution in [0.5, 0.6) is 0 Å². The van der Waals surface area contributed by atoms with Gasteiger partial charge < -0.3 is 15.1 Å². The monoisotopic (exact) mass is 439 g/mol. The third kappa shape index (κ3) is 4.59. The molecule has 1 saturated carbocycles. The van der Waals surface area contributed by atoms with E-state index in [0.29, 0.717) is 35.9 Å². The molecule has 0 aromatic heterocycles. The van der Waals surface area contributed by atoms with E-state index in [-0.39, 0.29) is 17.9 Å². The van der Waals surface area contributed by atoms with Crippen molar-refractivity contribution in [2.75, 3.05) is 18.4 Å². The van der Waals surface area contributed by atoms with Gasteiger partial charge in [0, 0.05) is 41.9 Å². The van der Waals surface area contributed by atoms with Crippen molar-refractivity contribution in [1.29, 1.82) is 0 Å². The van der Waals surface area contributed by atoms with Crippen molar-refractivity contribution < 1.29 is 14.4 Å². The molecule has 0 bridgehead atoms. The maximum absolute atomic E-state index is 12.6. The minimum atomic E-state index is -0.434. The highest BCUT2D eigenvalue weighted by Gasteiger charge is 2.37. The molecule has 0 unspecified atom stereocenters. The Kier molecular flexibility index (Phi) is 6.28. The van der Waals surface area contributed by atoms with Crippen LogP contribution in [0.15, 0.2) is 42.5 Å². The Bertz CT molecular complexity index is 1000. The van der Waals surface area contributed by atoms with Crippen molar-refractivity contribution >= 4 is 35.0 Å². The van der Waals surface area contributed by atoms with Gasteiger partial charge in [-0.25, -0.2) is 0 Å². The third-order valence-corrected chi connectivity index (χ3v) is 6.62. The van der Waals surface area contributed by atoms with E-state index in [1.807, 2.05) is 19.1 Å². The standard InChI is InChI=1S/C24H26ClN3O3/c1-16-20(25)7-4-8-21(16)26-22(29)18-11-9-17(10-12-18)15-27-13-14-28(24(31)23(27)30)19-5-2-3-6-19/h4,7-12,19H,2-3,5-6,13-15H2,1H3,(H,26,29). The Morgan fingerprint density at radius 1 is 1.03 bits per heavy atom. The average Bonchev–Trinajstić information content (AvgIpc) is 3.30. The van der Waals surface area contributed by atoms with Gasteiger partial charge >= 0.3 is 11.8 Å². The van der Waals surface area contributed by atoms with Crippen LogP contribution in [0, 0.1) is 6.92 Å². The minimum Gasteiger partial charge on any atom is -0.330 e. The maximum Gasteiger partial charge on any atom is 0.312 e. The first kappa shape index (κ1) is 21.4. The summed E-state index contributed by atoms with van der Waals surface area (Å²) in [5.41, 5.74) is 2.88. The van der Waals surface area contributed by atoms with Crippen LogP contribution < -0.4 is 5.32 Å². The van der Waals surface area contributed by atoms with E-state index in [4.69, 9.17) is 11.6 Å². The van der Waals surface area contributed by atoms with Gasteiger partial charge in [-0.1, -0.05) is 42.6 Å². The molecule has 6 nitrogen and oxygen atoms in total. The first-order chi connectivity index (χ1) is 14.9. The molecule has 31 heavy (non-hydrogen) atoms. The summed E-state index contributed by atoms with van der Waals surface area (Å²) in [5, 5.41) is 3.47. The molecule has 1 aliphatic heterocycles. The molecule has 7 heteroatoms. The van der Waals surface area contributed by atoms with Gasteiger partial charge in [0.15, 0.2) is 0 Å². The summed E-state index contributed by atoms with van der Waals surface area (Å²) in [4.78, 5) is 41.1. The molecule has 3 amide bonds. The number of nitrogens with one attached hydrogen (secondary N) is 1. The summed E-state index contributed by atoms with van der Waals surface area (Å²) in [5.74, 6) is -1.05. The summed E-state index contributed by atoms with van der Waals surface area (Å²) in [7, 11) is 0. The van der Waals surface area contributed by atoms with Crippen molar-refractivity contribution in [2.45, 2.75) is 45.2 Å². The van der Waals surface area contributed by atoms with E-state index in [1.165, 1.54) is 0 Å². The Morgan fingerprint density at radius 2 is 1.74 bits per heavy atom. The maximum atomic E-state index is 12.6. The molecule has 162 valence electrons. The number of anilines is 1. The molecule has 0 radical (unpaired) electrons. The van der Waals surface area contributed by atoms with Crippen LogP contribution in [0.3, 0.4) is 0 Å². The molecular weight excluding hydrogens is 414 g/mol. The second-order valence-corrected chi connectivity index (χ2v) is 8.63. The molecule has 0 atom stereocenters. The van der Waals surface area contributed by atoms with E-state index >= 15 is 0 Å². The number of piperazine rings is 1. The van der Waals surface area contributed by atoms with Crippen molar-refractivity contribution in [3.8, 4) is 0 Å². The van der Waals surface area contributed by atoms with Gasteiger partial charge in [0.05, 0.1) is 0 Å². The van der Waals surface area contributed by atoms with Gasteiger partial charge in [0.2, 0.25) is 0 Å². The van der Waals surface area contributed by atoms with E-state index in [1.54, 1.807) is 40.1 Å². The highest BCUT2D eigenvalue weighted by molar-refractivity contribution is 6.35. The zero-order valence-electron chi connectivity index (χ0n) is 17.6. The third-order valence-electron chi connectivity index (χ3n) is 6.21. The molecule has 2 fully saturated rings. The van der Waals surface area contributed by atoms with Gasteiger partial charge in [-0.05, 0) is 55.2 Å². The molecule has 4 rings (SSSR count). The number of benzene rings is 2. The summed E-state index contributed by atoms with van der Waals surface area (Å²) in [6.07, 6.45) is 4.25. The smallest absolute Gasteiger partial charge is 0.312 e. The number of hydrogen-bond donors (Lipinski definition) is 1. The fourth-order valence-electron chi connectivity index (χ4n) is 4.32. The van der Waals surface area contributed by atoms with E-state index in [2.05, 4.69) is 5.32 Å². The number of hydrogen-bond acceptors (Lipinski definition) is 3. The molecule has 0 spiro atoms. The lowest BCUT2D eigenvalue weighted by atomic mass is 10.1. The first-order valence-corrected chi connectivity index (χ1v) is 11.1. The van der Waals surface area contributed by atoms with Crippen LogP contribution in [0.1, 0.15) is 47.2 Å². The van der Waals surface area contributed by atoms with Crippen LogP contribution in [0.25, 0.3) is 0 Å². The Labute approximate surface area is 187 Å². The number of rotatable bonds is 5. The number of carbonyl (C=O) groups is 3. The molecule has 2 aliphatic rings. The number of nitrogens with zero attached hydrogens (tertiary/aromatic N) is 2. The predicted octanol–water partition coefficient (Wildman–Crippen LogP) is 4.01. The average molecular weight is 440 g/mol. The lowest BCUT2D eigenvalue weighted by Gasteiger charge is -2.37. The van der Waals surface area contributed by atoms with Crippen LogP contribution in [-0.2, 0) is 16.1 Å². The largest absolute Gasteiger partial charge is 0.330 e. The lowest BCUT2D eigenvalue weighted by molar-refractivity contribution is -0.158. The lowest BCUT2D eigenvalue weighted by Crippen LogP contribution is -2.56. The number of amides is 3. The van der Waals surface area contributed by atoms with Gasteiger partial charge in [0.1, 0.15) is 0 Å². The molecule has 1 saturated heterocycles. The van der Waals surface area contributed by atoms with Crippen LogP contribution in [0.2, 0.25) is 5.02 Å². The van der Waals surface area contributed by atoms with Gasteiger partial charge in [-0.2, -0.15) is 0 Å². The fraction of sp³-hybridized carbons (Fsp3) is 0.375. The van der Waals surface area contributed by atoms with E-state index in [9.17, 15) is 14.4 Å². The Balaban J connectivity index is 1.37. The summed E-state index contributed by atoms with van der Waals surface area (Å²) >= 11 is 6.11. The molecule has 2 aromatic carbocycles. The van der Waals surface area contributed by atoms with Crippen LogP contribution in [-0.4, -0.2) is 46.7 Å². The zero-order chi connectivity index (χ0) is 22.0. The first-order valence-electron chi connectivity index (χ1n) is 10.7. The fourth-order valence-corrected chi connectivity index (χ4v) is 4.50. The number of carbonyl (C=O) groups excluding carboxylic acids is 3. The van der Waals surface area contributed by atoms with Gasteiger partial charge in [-0.15, -0.1) is 0 Å². The molecule has 1 N–H and O–H groups in total. The van der Waals surface area contributed by atoms with Crippen molar-refractivity contribution in [1.82, 2.24) is 9.80 Å². The topological polar surface area (TPSA) is 69.7 Å². The van der Waals surface area contributed by atoms with E-state index < -0.39 is 5.91 Å². The Morgan fingerprint density at radius 3 is 2.45 bits per heavy atom. The highest BCUT2D eigenvalue weighted by Crippen LogP contribution is 2.26. The molecule has 1 aliphatic carbocycles. The SMILES string of the molecule is Cc1c(Cl)cccc1NC(=O)c1ccc(CN2CCN(C3CCCC3)C(=O)C2=O)cc1. The molecular formula is C24H26ClN3O3. The Hall–Kier alpha value is -2.86. The highest BCUT2D eigenvalue weighted by atomic mass is 35.5. The van der Waals surface area contributed by atoms with Crippen LogP contribution >= 0.6 is 11.6 Å². The van der Waals surface area contributed by atoms with Gasteiger partial charge in [0.25, 0.3) is 5.91 Å². The second-order valence-electron chi connectivity index (χ2n) is 8.23. The minimum absolute atomic E-state index is 0.222. The van der Waals surface area contributed by atoms with Gasteiger partial charge in [-0.3, -0.25) is 14.4 Å². The summed E-state index contributed by atoms with van der Waals surface area (Å²) in [6.45, 7) is 3.34. The number of halogens is 1. The van der Waals surface area contributed by atoms with Crippen LogP contribution in [0.4, 0.5) is 5.69 Å². The summed E-state index contributed by atoms with van der Waals surface area (Å²) < 4.78 is 0. The van der Waals surface area contributed by atoms with Crippen molar-refractivity contribution in [2.24, 2.45) is 0 Å². The van der Waals surface area contributed by atoms with Crippen molar-refractivity contribution in [3.63, 3.8) is 0 Å².